The Balaban J connectivity index is 1.35. The Morgan fingerprint density at radius 1 is 1.27 bits per heavy atom. The number of furan rings is 1. The second-order valence-electron chi connectivity index (χ2n) is 10.2. The van der Waals surface area contributed by atoms with Gasteiger partial charge in [-0.2, -0.15) is 0 Å². The molecule has 2 bridgehead atoms. The van der Waals surface area contributed by atoms with Gasteiger partial charge in [-0.1, -0.05) is 12.1 Å². The summed E-state index contributed by atoms with van der Waals surface area (Å²) in [6.07, 6.45) is 10.5. The van der Waals surface area contributed by atoms with E-state index in [0.717, 1.165) is 43.5 Å². The molecule has 1 saturated carbocycles. The first-order chi connectivity index (χ1) is 16.0. The highest BCUT2D eigenvalue weighted by Crippen LogP contribution is 2.62. The quantitative estimate of drug-likeness (QED) is 0.659. The number of ketones is 1. The van der Waals surface area contributed by atoms with Crippen molar-refractivity contribution in [3.63, 3.8) is 0 Å². The molecule has 2 aliphatic heterocycles. The lowest BCUT2D eigenvalue weighted by Gasteiger charge is -2.60. The maximum absolute atomic E-state index is 13.1. The second kappa shape index (κ2) is 7.59. The van der Waals surface area contributed by atoms with Crippen molar-refractivity contribution in [2.24, 2.45) is 5.92 Å². The smallest absolute Gasteiger partial charge is 0.246 e. The van der Waals surface area contributed by atoms with Gasteiger partial charge in [-0.05, 0) is 68.8 Å². The molecule has 2 aromatic rings. The van der Waals surface area contributed by atoms with E-state index < -0.39 is 0 Å². The number of carbonyl (C=O) groups is 2. The third kappa shape index (κ3) is 3.03. The van der Waals surface area contributed by atoms with E-state index in [-0.39, 0.29) is 29.3 Å². The van der Waals surface area contributed by atoms with Gasteiger partial charge in [0.05, 0.1) is 25.1 Å². The number of ether oxygens (including phenoxy) is 1. The largest absolute Gasteiger partial charge is 0.487 e. The molecule has 1 aromatic carbocycles. The van der Waals surface area contributed by atoms with Crippen LogP contribution in [-0.4, -0.2) is 59.8 Å². The normalized spacial score (nSPS) is 31.8. The molecule has 172 valence electrons. The van der Waals surface area contributed by atoms with E-state index in [1.165, 1.54) is 11.1 Å². The van der Waals surface area contributed by atoms with Crippen LogP contribution in [0.1, 0.15) is 42.9 Å². The summed E-state index contributed by atoms with van der Waals surface area (Å²) in [6.45, 7) is 3.12. The van der Waals surface area contributed by atoms with Gasteiger partial charge in [0.25, 0.3) is 0 Å². The standard InChI is InChI=1S/C27H30N2O4/c1-17(30)15-29-12-11-27-20-7-8-21(28(2)24(31)9-6-18-10-13-32-16-18)26(27)33-23-5-3-4-19(25(23)27)14-22(20)29/h3-6,9-10,13,16,20-22,26H,7-8,11-12,14-15H2,1-2H3/t20-,21-,22+,26-,27-/m0/s1. The molecule has 2 aliphatic carbocycles. The van der Waals surface area contributed by atoms with E-state index in [9.17, 15) is 9.59 Å². The summed E-state index contributed by atoms with van der Waals surface area (Å²) in [5.41, 5.74) is 3.55. The van der Waals surface area contributed by atoms with Crippen molar-refractivity contribution >= 4 is 17.8 Å². The molecule has 0 unspecified atom stereocenters. The minimum atomic E-state index is -0.0755. The van der Waals surface area contributed by atoms with Crippen LogP contribution in [-0.2, 0) is 21.4 Å². The number of piperidine rings is 1. The van der Waals surface area contributed by atoms with Gasteiger partial charge in [0.2, 0.25) is 5.91 Å². The summed E-state index contributed by atoms with van der Waals surface area (Å²) in [5.74, 6) is 1.67. The zero-order valence-corrected chi connectivity index (χ0v) is 19.2. The molecule has 6 heteroatoms. The van der Waals surface area contributed by atoms with Crippen LogP contribution in [0.15, 0.2) is 47.3 Å². The Bertz CT molecular complexity index is 1120. The molecule has 0 radical (unpaired) electrons. The first-order valence-corrected chi connectivity index (χ1v) is 12.0. The third-order valence-electron chi connectivity index (χ3n) is 8.53. The number of benzene rings is 1. The van der Waals surface area contributed by atoms with Crippen LogP contribution in [0.5, 0.6) is 5.75 Å². The summed E-state index contributed by atoms with van der Waals surface area (Å²) in [6, 6.07) is 8.63. The molecule has 6 rings (SSSR count). The predicted octanol–water partition coefficient (Wildman–Crippen LogP) is 3.45. The van der Waals surface area contributed by atoms with Crippen molar-refractivity contribution in [1.29, 1.82) is 0 Å². The highest BCUT2D eigenvalue weighted by atomic mass is 16.5. The van der Waals surface area contributed by atoms with Crippen molar-refractivity contribution in [3.8, 4) is 5.75 Å². The number of hydrogen-bond acceptors (Lipinski definition) is 5. The molecule has 1 spiro atoms. The van der Waals surface area contributed by atoms with Crippen LogP contribution < -0.4 is 4.74 Å². The monoisotopic (exact) mass is 446 g/mol. The molecule has 6 nitrogen and oxygen atoms in total. The first-order valence-electron chi connectivity index (χ1n) is 12.0. The molecule has 5 atom stereocenters. The summed E-state index contributed by atoms with van der Waals surface area (Å²) >= 11 is 0. The Morgan fingerprint density at radius 2 is 2.15 bits per heavy atom. The van der Waals surface area contributed by atoms with Gasteiger partial charge in [0.15, 0.2) is 0 Å². The maximum Gasteiger partial charge on any atom is 0.246 e. The lowest BCUT2D eigenvalue weighted by atomic mass is 9.51. The lowest BCUT2D eigenvalue weighted by Crippen LogP contribution is -2.69. The van der Waals surface area contributed by atoms with E-state index in [1.54, 1.807) is 31.6 Å². The first kappa shape index (κ1) is 20.7. The molecule has 1 saturated heterocycles. The highest BCUT2D eigenvalue weighted by molar-refractivity contribution is 5.91. The van der Waals surface area contributed by atoms with Gasteiger partial charge < -0.3 is 14.1 Å². The van der Waals surface area contributed by atoms with E-state index >= 15 is 0 Å². The molecule has 1 amide bonds. The van der Waals surface area contributed by atoms with E-state index in [0.29, 0.717) is 18.5 Å². The van der Waals surface area contributed by atoms with Gasteiger partial charge >= 0.3 is 0 Å². The summed E-state index contributed by atoms with van der Waals surface area (Å²) < 4.78 is 11.8. The molecule has 4 aliphatic rings. The molecule has 0 N–H and O–H groups in total. The van der Waals surface area contributed by atoms with Gasteiger partial charge in [0.1, 0.15) is 17.6 Å². The van der Waals surface area contributed by atoms with Crippen LogP contribution in [0.3, 0.4) is 0 Å². The number of carbonyl (C=O) groups excluding carboxylic acids is 2. The third-order valence-corrected chi connectivity index (χ3v) is 8.53. The maximum atomic E-state index is 13.1. The number of hydrogen-bond donors (Lipinski definition) is 0. The average Bonchev–Trinajstić information content (AvgIpc) is 3.43. The van der Waals surface area contributed by atoms with Crippen molar-refractivity contribution in [2.45, 2.75) is 56.2 Å². The van der Waals surface area contributed by atoms with Gasteiger partial charge in [-0.3, -0.25) is 14.5 Å². The molecule has 33 heavy (non-hydrogen) atoms. The van der Waals surface area contributed by atoms with Gasteiger partial charge in [-0.25, -0.2) is 0 Å². The Labute approximate surface area is 194 Å². The molecular weight excluding hydrogens is 416 g/mol. The number of amides is 1. The number of nitrogens with zero attached hydrogens (tertiary/aromatic N) is 2. The van der Waals surface area contributed by atoms with Crippen LogP contribution in [0.25, 0.3) is 6.08 Å². The topological polar surface area (TPSA) is 63.0 Å². The molecular formula is C27H30N2O4. The van der Waals surface area contributed by atoms with Crippen LogP contribution in [0.4, 0.5) is 0 Å². The van der Waals surface area contributed by atoms with Crippen molar-refractivity contribution in [2.75, 3.05) is 20.1 Å². The zero-order chi connectivity index (χ0) is 22.7. The lowest BCUT2D eigenvalue weighted by molar-refractivity contribution is -0.136. The Morgan fingerprint density at radius 3 is 2.94 bits per heavy atom. The fourth-order valence-electron chi connectivity index (χ4n) is 7.27. The van der Waals surface area contributed by atoms with Crippen molar-refractivity contribution in [3.05, 3.63) is 59.6 Å². The van der Waals surface area contributed by atoms with Crippen LogP contribution >= 0.6 is 0 Å². The fraction of sp³-hybridized carbons (Fsp3) is 0.481. The zero-order valence-electron chi connectivity index (χ0n) is 19.2. The van der Waals surface area contributed by atoms with Gasteiger partial charge in [-0.15, -0.1) is 0 Å². The van der Waals surface area contributed by atoms with Crippen molar-refractivity contribution in [1.82, 2.24) is 9.80 Å². The Kier molecular flexibility index (Phi) is 4.77. The van der Waals surface area contributed by atoms with Gasteiger partial charge in [0, 0.05) is 35.7 Å². The minimum absolute atomic E-state index is 0.0149. The highest BCUT2D eigenvalue weighted by Gasteiger charge is 2.65. The fourth-order valence-corrected chi connectivity index (χ4v) is 7.27. The SMILES string of the molecule is CC(=O)CN1CC[C@]23c4c5cccc4O[C@H]2[C@@H](N(C)C(=O)C=Cc2ccoc2)CC[C@H]3[C@H]1C5. The van der Waals surface area contributed by atoms with E-state index in [2.05, 4.69) is 23.1 Å². The van der Waals surface area contributed by atoms with E-state index in [1.807, 2.05) is 18.0 Å². The number of Topliss-reactive ketones (excluding diaryl/α,β-unsaturated/α-hetero) is 1. The van der Waals surface area contributed by atoms with Crippen LogP contribution in [0, 0.1) is 5.92 Å². The van der Waals surface area contributed by atoms with Crippen LogP contribution in [0.2, 0.25) is 0 Å². The average molecular weight is 447 g/mol. The molecule has 1 aromatic heterocycles. The second-order valence-corrected chi connectivity index (χ2v) is 10.2. The minimum Gasteiger partial charge on any atom is -0.487 e. The van der Waals surface area contributed by atoms with Crippen molar-refractivity contribution < 1.29 is 18.7 Å². The number of likely N-dealkylation sites (tertiary alicyclic amines) is 1. The van der Waals surface area contributed by atoms with E-state index in [4.69, 9.17) is 9.15 Å². The molecule has 3 heterocycles. The molecule has 2 fully saturated rings. The number of rotatable bonds is 5. The summed E-state index contributed by atoms with van der Waals surface area (Å²) in [7, 11) is 1.90. The Hall–Kier alpha value is -2.86. The predicted molar refractivity (Wildman–Crippen MR) is 124 cm³/mol. The summed E-state index contributed by atoms with van der Waals surface area (Å²) in [4.78, 5) is 29.4. The number of likely N-dealkylation sites (N-methyl/N-ethyl adjacent to an activating group) is 1. The summed E-state index contributed by atoms with van der Waals surface area (Å²) in [5, 5.41) is 0.